The Morgan fingerprint density at radius 3 is 2.75 bits per heavy atom. The minimum atomic E-state index is -0.105. The van der Waals surface area contributed by atoms with Crippen molar-refractivity contribution in [2.75, 3.05) is 18.7 Å². The second kappa shape index (κ2) is 6.24. The van der Waals surface area contributed by atoms with Crippen LogP contribution in [0.1, 0.15) is 24.4 Å². The van der Waals surface area contributed by atoms with Gasteiger partial charge in [0.15, 0.2) is 11.5 Å². The Balaban J connectivity index is 1.50. The predicted molar refractivity (Wildman–Crippen MR) is 91.7 cm³/mol. The first-order valence-electron chi connectivity index (χ1n) is 7.93. The average molecular weight is 345 g/mol. The first-order valence-corrected chi connectivity index (χ1v) is 8.31. The second-order valence-electron chi connectivity index (χ2n) is 5.90. The highest BCUT2D eigenvalue weighted by Gasteiger charge is 2.30. The van der Waals surface area contributed by atoms with Gasteiger partial charge in [-0.05, 0) is 42.7 Å². The third-order valence-corrected chi connectivity index (χ3v) is 4.64. The number of carbonyl (C=O) groups excluding carboxylic acids is 1. The number of hydrogen-bond donors (Lipinski definition) is 1. The highest BCUT2D eigenvalue weighted by molar-refractivity contribution is 6.30. The molecule has 0 bridgehead atoms. The number of urea groups is 1. The fourth-order valence-electron chi connectivity index (χ4n) is 3.21. The molecule has 2 aliphatic rings. The Kier molecular flexibility index (Phi) is 3.94. The summed E-state index contributed by atoms with van der Waals surface area (Å²) in [4.78, 5) is 14.6. The summed E-state index contributed by atoms with van der Waals surface area (Å²) in [6.45, 7) is 0.960. The Labute approximate surface area is 145 Å². The average Bonchev–Trinajstić information content (AvgIpc) is 3.24. The van der Waals surface area contributed by atoms with Gasteiger partial charge in [-0.1, -0.05) is 23.7 Å². The van der Waals surface area contributed by atoms with E-state index in [0.29, 0.717) is 22.2 Å². The van der Waals surface area contributed by atoms with Crippen LogP contribution in [-0.4, -0.2) is 24.3 Å². The van der Waals surface area contributed by atoms with Crippen LogP contribution in [0.3, 0.4) is 0 Å². The number of benzene rings is 2. The zero-order valence-corrected chi connectivity index (χ0v) is 13.8. The van der Waals surface area contributed by atoms with Crippen molar-refractivity contribution in [2.45, 2.75) is 18.9 Å². The topological polar surface area (TPSA) is 50.8 Å². The molecule has 1 fully saturated rings. The van der Waals surface area contributed by atoms with Crippen LogP contribution in [0.25, 0.3) is 0 Å². The molecule has 2 aromatic rings. The molecule has 1 N–H and O–H groups in total. The summed E-state index contributed by atoms with van der Waals surface area (Å²) >= 11 is 5.96. The van der Waals surface area contributed by atoms with Gasteiger partial charge in [0, 0.05) is 23.3 Å². The van der Waals surface area contributed by atoms with E-state index in [1.54, 1.807) is 12.1 Å². The Morgan fingerprint density at radius 2 is 1.92 bits per heavy atom. The summed E-state index contributed by atoms with van der Waals surface area (Å²) in [5.41, 5.74) is 1.81. The van der Waals surface area contributed by atoms with Gasteiger partial charge in [-0.3, -0.25) is 0 Å². The smallest absolute Gasteiger partial charge is 0.322 e. The zero-order chi connectivity index (χ0) is 16.5. The van der Waals surface area contributed by atoms with Crippen molar-refractivity contribution in [3.63, 3.8) is 0 Å². The number of nitrogens with one attached hydrogen (secondary N) is 1. The Bertz CT molecular complexity index is 763. The van der Waals surface area contributed by atoms with Crippen molar-refractivity contribution in [2.24, 2.45) is 0 Å². The molecule has 2 heterocycles. The maximum Gasteiger partial charge on any atom is 0.322 e. The van der Waals surface area contributed by atoms with E-state index in [-0.39, 0.29) is 18.9 Å². The summed E-state index contributed by atoms with van der Waals surface area (Å²) in [5.74, 6) is 1.36. The van der Waals surface area contributed by atoms with E-state index in [2.05, 4.69) is 5.32 Å². The minimum absolute atomic E-state index is 0.0799. The van der Waals surface area contributed by atoms with Crippen molar-refractivity contribution in [3.05, 3.63) is 53.1 Å². The summed E-state index contributed by atoms with van der Waals surface area (Å²) in [5, 5.41) is 3.65. The van der Waals surface area contributed by atoms with Gasteiger partial charge in [-0.2, -0.15) is 0 Å². The fourth-order valence-corrected chi connectivity index (χ4v) is 3.34. The molecular weight excluding hydrogens is 328 g/mol. The first-order chi connectivity index (χ1) is 11.7. The minimum Gasteiger partial charge on any atom is -0.454 e. The number of nitrogens with zero attached hydrogens (tertiary/aromatic N) is 1. The molecule has 124 valence electrons. The van der Waals surface area contributed by atoms with E-state index in [1.165, 1.54) is 0 Å². The molecule has 1 unspecified atom stereocenters. The van der Waals surface area contributed by atoms with Crippen molar-refractivity contribution in [1.29, 1.82) is 0 Å². The molecule has 0 aliphatic carbocycles. The molecule has 0 aromatic heterocycles. The van der Waals surface area contributed by atoms with E-state index in [1.807, 2.05) is 35.2 Å². The standard InChI is InChI=1S/C18H17ClN2O3/c19-13-5-3-12(4-6-13)15-2-1-9-21(15)18(22)20-14-7-8-16-17(10-14)24-11-23-16/h3-8,10,15H,1-2,9,11H2,(H,20,22). The van der Waals surface area contributed by atoms with E-state index in [9.17, 15) is 4.79 Å². The van der Waals surface area contributed by atoms with E-state index < -0.39 is 0 Å². The van der Waals surface area contributed by atoms with E-state index in [4.69, 9.17) is 21.1 Å². The van der Waals surface area contributed by atoms with Gasteiger partial charge >= 0.3 is 6.03 Å². The van der Waals surface area contributed by atoms with Crippen LogP contribution in [0.2, 0.25) is 5.02 Å². The monoisotopic (exact) mass is 344 g/mol. The lowest BCUT2D eigenvalue weighted by Gasteiger charge is -2.25. The molecule has 2 aromatic carbocycles. The summed E-state index contributed by atoms with van der Waals surface area (Å²) in [6, 6.07) is 13.1. The van der Waals surface area contributed by atoms with Crippen LogP contribution >= 0.6 is 11.6 Å². The summed E-state index contributed by atoms with van der Waals surface area (Å²) in [6.07, 6.45) is 1.94. The third-order valence-electron chi connectivity index (χ3n) is 4.39. The maximum atomic E-state index is 12.7. The fraction of sp³-hybridized carbons (Fsp3) is 0.278. The molecular formula is C18H17ClN2O3. The number of amides is 2. The van der Waals surface area contributed by atoms with Crippen molar-refractivity contribution < 1.29 is 14.3 Å². The quantitative estimate of drug-likeness (QED) is 0.876. The molecule has 0 saturated carbocycles. The highest BCUT2D eigenvalue weighted by atomic mass is 35.5. The largest absolute Gasteiger partial charge is 0.454 e. The summed E-state index contributed by atoms with van der Waals surface area (Å²) in [7, 11) is 0. The first kappa shape index (κ1) is 15.1. The van der Waals surface area contributed by atoms with Crippen LogP contribution in [0, 0.1) is 0 Å². The number of hydrogen-bond acceptors (Lipinski definition) is 3. The van der Waals surface area contributed by atoms with Crippen molar-refractivity contribution in [1.82, 2.24) is 4.90 Å². The number of halogens is 1. The van der Waals surface area contributed by atoms with Crippen LogP contribution in [-0.2, 0) is 0 Å². The van der Waals surface area contributed by atoms with E-state index >= 15 is 0 Å². The number of anilines is 1. The van der Waals surface area contributed by atoms with Crippen molar-refractivity contribution in [3.8, 4) is 11.5 Å². The van der Waals surface area contributed by atoms with E-state index in [0.717, 1.165) is 24.9 Å². The van der Waals surface area contributed by atoms with Crippen LogP contribution in [0.15, 0.2) is 42.5 Å². The van der Waals surface area contributed by atoms with Gasteiger partial charge in [0.1, 0.15) is 0 Å². The molecule has 4 rings (SSSR count). The Hall–Kier alpha value is -2.40. The molecule has 0 radical (unpaired) electrons. The van der Waals surface area contributed by atoms with Crippen LogP contribution in [0.4, 0.5) is 10.5 Å². The van der Waals surface area contributed by atoms with Gasteiger partial charge in [-0.15, -0.1) is 0 Å². The molecule has 2 aliphatic heterocycles. The molecule has 0 spiro atoms. The highest BCUT2D eigenvalue weighted by Crippen LogP contribution is 2.36. The summed E-state index contributed by atoms with van der Waals surface area (Å²) < 4.78 is 10.6. The van der Waals surface area contributed by atoms with Crippen molar-refractivity contribution >= 4 is 23.3 Å². The number of likely N-dealkylation sites (tertiary alicyclic amines) is 1. The van der Waals surface area contributed by atoms with Crippen LogP contribution in [0.5, 0.6) is 11.5 Å². The molecule has 5 nitrogen and oxygen atoms in total. The molecule has 24 heavy (non-hydrogen) atoms. The van der Waals surface area contributed by atoms with Gasteiger partial charge in [0.2, 0.25) is 6.79 Å². The lowest BCUT2D eigenvalue weighted by Crippen LogP contribution is -2.34. The lowest BCUT2D eigenvalue weighted by atomic mass is 10.1. The molecule has 2 amide bonds. The van der Waals surface area contributed by atoms with Gasteiger partial charge in [-0.25, -0.2) is 4.79 Å². The Morgan fingerprint density at radius 1 is 1.12 bits per heavy atom. The second-order valence-corrected chi connectivity index (χ2v) is 6.34. The lowest BCUT2D eigenvalue weighted by molar-refractivity contribution is 0.174. The number of ether oxygens (including phenoxy) is 2. The predicted octanol–water partition coefficient (Wildman–Crippen LogP) is 4.44. The van der Waals surface area contributed by atoms with Gasteiger partial charge < -0.3 is 19.7 Å². The maximum absolute atomic E-state index is 12.7. The normalized spacial score (nSPS) is 18.7. The van der Waals surface area contributed by atoms with Gasteiger partial charge in [0.25, 0.3) is 0 Å². The number of carbonyl (C=O) groups is 1. The van der Waals surface area contributed by atoms with Gasteiger partial charge in [0.05, 0.1) is 6.04 Å². The molecule has 1 atom stereocenters. The molecule has 6 heteroatoms. The zero-order valence-electron chi connectivity index (χ0n) is 13.0. The van der Waals surface area contributed by atoms with Crippen LogP contribution < -0.4 is 14.8 Å². The third kappa shape index (κ3) is 2.87. The molecule has 1 saturated heterocycles. The number of rotatable bonds is 2. The number of fused-ring (bicyclic) bond motifs is 1. The SMILES string of the molecule is O=C(Nc1ccc2c(c1)OCO2)N1CCCC1c1ccc(Cl)cc1.